The Bertz CT molecular complexity index is 1680. The van der Waals surface area contributed by atoms with Crippen LogP contribution in [0.15, 0.2) is 71.4 Å². The van der Waals surface area contributed by atoms with Crippen molar-refractivity contribution >= 4 is 40.3 Å². The highest BCUT2D eigenvalue weighted by atomic mass is 16.6. The number of nitrogens with zero attached hydrogens (tertiary/aromatic N) is 6. The largest absolute Gasteiger partial charge is 0.497 e. The fourth-order valence-corrected chi connectivity index (χ4v) is 4.71. The van der Waals surface area contributed by atoms with Gasteiger partial charge in [0, 0.05) is 32.2 Å². The van der Waals surface area contributed by atoms with Crippen molar-refractivity contribution in [3.63, 3.8) is 0 Å². The lowest BCUT2D eigenvalue weighted by Gasteiger charge is -2.12. The van der Waals surface area contributed by atoms with Crippen molar-refractivity contribution in [2.75, 3.05) is 48.0 Å². The molecule has 234 valence electrons. The molecule has 0 amide bonds. The molecule has 45 heavy (non-hydrogen) atoms. The van der Waals surface area contributed by atoms with Gasteiger partial charge in [-0.25, -0.2) is 4.63 Å². The Kier molecular flexibility index (Phi) is 10.9. The van der Waals surface area contributed by atoms with Crippen LogP contribution in [0.4, 0.5) is 29.2 Å². The predicted octanol–water partition coefficient (Wildman–Crippen LogP) is 5.68. The summed E-state index contributed by atoms with van der Waals surface area (Å²) in [6, 6.07) is 21.2. The van der Waals surface area contributed by atoms with Gasteiger partial charge in [-0.3, -0.25) is 10.1 Å². The zero-order valence-corrected chi connectivity index (χ0v) is 25.0. The maximum absolute atomic E-state index is 11.2. The summed E-state index contributed by atoms with van der Waals surface area (Å²) in [4.78, 5) is 24.4. The maximum atomic E-state index is 11.2. The molecule has 2 aromatic heterocycles. The zero-order chi connectivity index (χ0) is 31.3. The number of fused-ring (bicyclic) bond motifs is 1. The second-order valence-corrected chi connectivity index (χ2v) is 10.3. The van der Waals surface area contributed by atoms with Gasteiger partial charge in [-0.05, 0) is 58.9 Å². The lowest BCUT2D eigenvalue weighted by molar-refractivity contribution is -0.383. The number of rotatable bonds is 18. The van der Waals surface area contributed by atoms with Gasteiger partial charge in [0.15, 0.2) is 5.52 Å². The van der Waals surface area contributed by atoms with Crippen molar-refractivity contribution in [2.45, 2.75) is 38.6 Å². The van der Waals surface area contributed by atoms with Crippen LogP contribution in [0.2, 0.25) is 0 Å². The van der Waals surface area contributed by atoms with E-state index in [1.165, 1.54) is 11.6 Å². The fourth-order valence-electron chi connectivity index (χ4n) is 4.71. The van der Waals surface area contributed by atoms with Gasteiger partial charge in [-0.2, -0.15) is 15.0 Å². The summed E-state index contributed by atoms with van der Waals surface area (Å²) in [5.41, 5.74) is 3.32. The Morgan fingerprint density at radius 2 is 1.40 bits per heavy atom. The standard InChI is InChI=1S/C31H36N10O4/c1-44-24-13-9-12-23(20-24)21-35-31-37-29(36-30(38-31)34-19-16-22-10-5-4-6-11-22)33-18-8-3-2-7-17-32-25-14-15-26(41(42)43)28-27(25)39-45-40-28/h4-6,9-15,20,32H,2-3,7-8,16-19,21H2,1H3,(H3,33,34,35,36,37,38). The molecule has 0 radical (unpaired) electrons. The average Bonchev–Trinajstić information content (AvgIpc) is 3.56. The van der Waals surface area contributed by atoms with Gasteiger partial charge in [0.25, 0.3) is 0 Å². The lowest BCUT2D eigenvalue weighted by atomic mass is 10.1. The van der Waals surface area contributed by atoms with Gasteiger partial charge < -0.3 is 26.0 Å². The van der Waals surface area contributed by atoms with E-state index < -0.39 is 4.92 Å². The Morgan fingerprint density at radius 1 is 0.733 bits per heavy atom. The van der Waals surface area contributed by atoms with Crippen LogP contribution in [0.5, 0.6) is 5.75 Å². The normalized spacial score (nSPS) is 10.9. The molecule has 14 nitrogen and oxygen atoms in total. The number of anilines is 4. The number of nitro benzene ring substituents is 1. The van der Waals surface area contributed by atoms with Crippen LogP contribution in [0.25, 0.3) is 11.0 Å². The highest BCUT2D eigenvalue weighted by Crippen LogP contribution is 2.28. The summed E-state index contributed by atoms with van der Waals surface area (Å²) in [6.07, 6.45) is 4.71. The minimum Gasteiger partial charge on any atom is -0.497 e. The molecule has 14 heteroatoms. The van der Waals surface area contributed by atoms with Crippen LogP contribution in [-0.4, -0.2) is 56.9 Å². The molecule has 5 aromatic rings. The number of methoxy groups -OCH3 is 1. The number of hydrogen-bond acceptors (Lipinski definition) is 13. The summed E-state index contributed by atoms with van der Waals surface area (Å²) >= 11 is 0. The quantitative estimate of drug-likeness (QED) is 0.0540. The van der Waals surface area contributed by atoms with Crippen LogP contribution in [0, 0.1) is 10.1 Å². The first-order chi connectivity index (χ1) is 22.1. The SMILES string of the molecule is COc1cccc(CNc2nc(NCCCCCCNc3ccc([N+](=O)[O-])c4nonc34)nc(NCCc3ccccc3)n2)c1. The maximum Gasteiger partial charge on any atom is 0.300 e. The highest BCUT2D eigenvalue weighted by Gasteiger charge is 2.19. The number of nitro groups is 1. The van der Waals surface area contributed by atoms with Gasteiger partial charge in [0.2, 0.25) is 23.4 Å². The number of ether oxygens (including phenoxy) is 1. The van der Waals surface area contributed by atoms with Crippen molar-refractivity contribution in [1.82, 2.24) is 25.3 Å². The van der Waals surface area contributed by atoms with Crippen LogP contribution in [-0.2, 0) is 13.0 Å². The highest BCUT2D eigenvalue weighted by molar-refractivity contribution is 5.93. The molecule has 0 saturated carbocycles. The molecule has 0 unspecified atom stereocenters. The fraction of sp³-hybridized carbons (Fsp3) is 0.323. The van der Waals surface area contributed by atoms with Crippen LogP contribution in [0.1, 0.15) is 36.8 Å². The zero-order valence-electron chi connectivity index (χ0n) is 25.0. The number of non-ortho nitro benzene ring substituents is 1. The summed E-state index contributed by atoms with van der Waals surface area (Å²) in [7, 11) is 1.65. The van der Waals surface area contributed by atoms with E-state index in [1.54, 1.807) is 13.2 Å². The molecular formula is C31H36N10O4. The first-order valence-corrected chi connectivity index (χ1v) is 14.9. The molecule has 0 aliphatic carbocycles. The molecule has 0 bridgehead atoms. The first-order valence-electron chi connectivity index (χ1n) is 14.9. The van der Waals surface area contributed by atoms with E-state index in [-0.39, 0.29) is 11.2 Å². The Balaban J connectivity index is 1.09. The van der Waals surface area contributed by atoms with Crippen LogP contribution < -0.4 is 26.0 Å². The summed E-state index contributed by atoms with van der Waals surface area (Å²) in [5.74, 6) is 2.28. The Labute approximate surface area is 260 Å². The average molecular weight is 613 g/mol. The predicted molar refractivity (Wildman–Crippen MR) is 173 cm³/mol. The van der Waals surface area contributed by atoms with Crippen LogP contribution >= 0.6 is 0 Å². The smallest absolute Gasteiger partial charge is 0.300 e. The molecule has 3 aromatic carbocycles. The Morgan fingerprint density at radius 3 is 2.13 bits per heavy atom. The van der Waals surface area contributed by atoms with Crippen molar-refractivity contribution in [2.24, 2.45) is 0 Å². The van der Waals surface area contributed by atoms with E-state index in [9.17, 15) is 10.1 Å². The van der Waals surface area contributed by atoms with Gasteiger partial charge in [0.1, 0.15) is 5.75 Å². The van der Waals surface area contributed by atoms with E-state index in [4.69, 9.17) is 9.37 Å². The van der Waals surface area contributed by atoms with Gasteiger partial charge in [-0.15, -0.1) is 0 Å². The molecule has 5 rings (SSSR count). The van der Waals surface area contributed by atoms with E-state index in [2.05, 4.69) is 58.7 Å². The minimum atomic E-state index is -0.496. The van der Waals surface area contributed by atoms with Gasteiger partial charge in [0.05, 0.1) is 17.7 Å². The number of hydrogen-bond donors (Lipinski definition) is 4. The third-order valence-electron chi connectivity index (χ3n) is 7.05. The van der Waals surface area contributed by atoms with Gasteiger partial charge in [-0.1, -0.05) is 55.3 Å². The molecule has 2 heterocycles. The van der Waals surface area contributed by atoms with E-state index in [0.29, 0.717) is 55.2 Å². The molecule has 0 saturated heterocycles. The number of aromatic nitrogens is 5. The molecule has 0 aliphatic rings. The number of unbranched alkanes of at least 4 members (excludes halogenated alkanes) is 3. The molecule has 0 atom stereocenters. The van der Waals surface area contributed by atoms with Crippen molar-refractivity contribution in [3.8, 4) is 5.75 Å². The summed E-state index contributed by atoms with van der Waals surface area (Å²) in [6.45, 7) is 2.64. The minimum absolute atomic E-state index is 0.127. The molecular weight excluding hydrogens is 576 g/mol. The second kappa shape index (κ2) is 15.8. The number of nitrogens with one attached hydrogen (secondary N) is 4. The topological polar surface area (TPSA) is 178 Å². The monoisotopic (exact) mass is 612 g/mol. The molecule has 0 fully saturated rings. The molecule has 0 aliphatic heterocycles. The second-order valence-electron chi connectivity index (χ2n) is 10.3. The van der Waals surface area contributed by atoms with E-state index in [0.717, 1.165) is 43.4 Å². The third kappa shape index (κ3) is 8.98. The summed E-state index contributed by atoms with van der Waals surface area (Å²) in [5, 5.41) is 31.9. The molecule has 4 N–H and O–H groups in total. The summed E-state index contributed by atoms with van der Waals surface area (Å²) < 4.78 is 10.1. The number of benzene rings is 3. The molecule has 0 spiro atoms. The Hall–Kier alpha value is -5.53. The van der Waals surface area contributed by atoms with Crippen molar-refractivity contribution in [3.05, 3.63) is 88.0 Å². The van der Waals surface area contributed by atoms with Crippen molar-refractivity contribution < 1.29 is 14.3 Å². The first kappa shape index (κ1) is 30.9. The third-order valence-corrected chi connectivity index (χ3v) is 7.05. The van der Waals surface area contributed by atoms with E-state index >= 15 is 0 Å². The van der Waals surface area contributed by atoms with Gasteiger partial charge >= 0.3 is 5.69 Å². The lowest BCUT2D eigenvalue weighted by Crippen LogP contribution is -2.14. The van der Waals surface area contributed by atoms with Crippen LogP contribution in [0.3, 0.4) is 0 Å². The van der Waals surface area contributed by atoms with E-state index in [1.807, 2.05) is 42.5 Å². The van der Waals surface area contributed by atoms with Crippen molar-refractivity contribution in [1.29, 1.82) is 0 Å².